The van der Waals surface area contributed by atoms with Crippen LogP contribution in [-0.2, 0) is 28.5 Å². The Morgan fingerprint density at radius 2 is 1.02 bits per heavy atom. The molecule has 2 aromatic carbocycles. The number of hydrogen-bond donors (Lipinski definition) is 8. The topological polar surface area (TPSA) is 251 Å². The summed E-state index contributed by atoms with van der Waals surface area (Å²) in [7, 11) is 2.58. The SMILES string of the molecule is COc1cc(C=CC(=O)OC[C@@H]2O[C@H](O)[C@H](O)[C@H]2O)cc(-c2cc(C=CC(=O)OC[C@@H]3O[C@H](O)[C@H](O)[C@H]3O)cc(OC)c2O)c1O. The van der Waals surface area contributed by atoms with Gasteiger partial charge in [0.15, 0.2) is 35.6 Å². The Balaban J connectivity index is 1.52. The van der Waals surface area contributed by atoms with Crippen molar-refractivity contribution in [1.82, 2.24) is 0 Å². The lowest BCUT2D eigenvalue weighted by Gasteiger charge is -2.15. The first-order valence-corrected chi connectivity index (χ1v) is 13.8. The monoisotopic (exact) mass is 650 g/mol. The van der Waals surface area contributed by atoms with Crippen molar-refractivity contribution in [3.63, 3.8) is 0 Å². The molecule has 8 atom stereocenters. The quantitative estimate of drug-likeness (QED) is 0.105. The van der Waals surface area contributed by atoms with Crippen LogP contribution in [0.2, 0.25) is 0 Å². The number of rotatable bonds is 11. The fourth-order valence-electron chi connectivity index (χ4n) is 4.66. The van der Waals surface area contributed by atoms with Gasteiger partial charge in [0.25, 0.3) is 0 Å². The lowest BCUT2D eigenvalue weighted by Crippen LogP contribution is -2.34. The Morgan fingerprint density at radius 3 is 1.33 bits per heavy atom. The third-order valence-electron chi connectivity index (χ3n) is 7.20. The van der Waals surface area contributed by atoms with Gasteiger partial charge in [0, 0.05) is 23.3 Å². The van der Waals surface area contributed by atoms with Gasteiger partial charge in [-0.2, -0.15) is 0 Å². The third-order valence-corrected chi connectivity index (χ3v) is 7.20. The fourth-order valence-corrected chi connectivity index (χ4v) is 4.66. The van der Waals surface area contributed by atoms with Gasteiger partial charge in [0.1, 0.15) is 49.8 Å². The normalized spacial score (nSPS) is 27.7. The van der Waals surface area contributed by atoms with E-state index in [2.05, 4.69) is 0 Å². The molecule has 0 spiro atoms. The van der Waals surface area contributed by atoms with Crippen LogP contribution in [0.4, 0.5) is 0 Å². The molecule has 2 saturated heterocycles. The number of ether oxygens (including phenoxy) is 6. The van der Waals surface area contributed by atoms with Gasteiger partial charge in [-0.25, -0.2) is 9.59 Å². The molecule has 2 aliphatic heterocycles. The summed E-state index contributed by atoms with van der Waals surface area (Å²) in [4.78, 5) is 24.6. The predicted octanol–water partition coefficient (Wildman–Crippen LogP) is -1.23. The average molecular weight is 651 g/mol. The van der Waals surface area contributed by atoms with Crippen molar-refractivity contribution in [2.75, 3.05) is 27.4 Å². The van der Waals surface area contributed by atoms with Crippen molar-refractivity contribution in [2.24, 2.45) is 0 Å². The molecular formula is C30H34O16. The molecule has 250 valence electrons. The second-order valence-electron chi connectivity index (χ2n) is 10.3. The van der Waals surface area contributed by atoms with Crippen LogP contribution in [0.1, 0.15) is 11.1 Å². The molecule has 0 aliphatic carbocycles. The standard InChI is InChI=1S/C30H34O16/c1-41-17-9-13(3-5-21(31)43-11-19-25(35)27(37)29(39)45-19)7-15(23(17)33)16-8-14(10-18(42-2)24(16)34)4-6-22(32)44-12-20-26(36)28(38)30(40)46-20/h3-10,19-20,25-30,33-40H,11-12H2,1-2H3/t19-,20-,25-,26-,27+,28+,29-,30-/m0/s1. The molecule has 0 amide bonds. The minimum Gasteiger partial charge on any atom is -0.504 e. The molecule has 4 rings (SSSR count). The van der Waals surface area contributed by atoms with E-state index in [-0.39, 0.29) is 34.1 Å². The molecule has 8 N–H and O–H groups in total. The Hall–Kier alpha value is -4.26. The van der Waals surface area contributed by atoms with Crippen molar-refractivity contribution >= 4 is 24.1 Å². The zero-order valence-corrected chi connectivity index (χ0v) is 24.5. The Labute approximate surface area is 261 Å². The number of methoxy groups -OCH3 is 2. The first-order valence-electron chi connectivity index (χ1n) is 13.8. The minimum absolute atomic E-state index is 0.0228. The summed E-state index contributed by atoms with van der Waals surface area (Å²) in [6, 6.07) is 5.64. The molecule has 0 saturated carbocycles. The van der Waals surface area contributed by atoms with Crippen LogP contribution in [0.5, 0.6) is 23.0 Å². The number of phenolic OH excluding ortho intramolecular Hbond substituents is 2. The number of carbonyl (C=O) groups is 2. The van der Waals surface area contributed by atoms with Gasteiger partial charge in [-0.15, -0.1) is 0 Å². The van der Waals surface area contributed by atoms with E-state index in [9.17, 15) is 50.4 Å². The summed E-state index contributed by atoms with van der Waals surface area (Å²) in [6.45, 7) is -0.903. The zero-order chi connectivity index (χ0) is 33.7. The minimum atomic E-state index is -1.62. The summed E-state index contributed by atoms with van der Waals surface area (Å²) < 4.78 is 30.4. The number of phenols is 2. The van der Waals surface area contributed by atoms with E-state index in [0.29, 0.717) is 11.1 Å². The van der Waals surface area contributed by atoms with E-state index in [4.69, 9.17) is 28.4 Å². The summed E-state index contributed by atoms with van der Waals surface area (Å²) in [5, 5.41) is 79.5. The van der Waals surface area contributed by atoms with Gasteiger partial charge in [-0.05, 0) is 47.5 Å². The number of aromatic hydroxyl groups is 2. The molecule has 0 radical (unpaired) electrons. The second-order valence-corrected chi connectivity index (χ2v) is 10.3. The number of benzene rings is 2. The molecule has 2 aliphatic rings. The average Bonchev–Trinajstić information content (AvgIpc) is 3.44. The molecule has 0 unspecified atom stereocenters. The van der Waals surface area contributed by atoms with Crippen molar-refractivity contribution < 1.29 is 78.9 Å². The number of carbonyl (C=O) groups excluding carboxylic acids is 2. The molecule has 16 nitrogen and oxygen atoms in total. The van der Waals surface area contributed by atoms with E-state index in [1.807, 2.05) is 0 Å². The molecule has 46 heavy (non-hydrogen) atoms. The van der Waals surface area contributed by atoms with Crippen LogP contribution in [0.15, 0.2) is 36.4 Å². The fraction of sp³-hybridized carbons (Fsp3) is 0.400. The molecule has 0 aromatic heterocycles. The summed E-state index contributed by atoms with van der Waals surface area (Å²) in [5.41, 5.74) is 0.741. The number of aliphatic hydroxyl groups excluding tert-OH is 6. The van der Waals surface area contributed by atoms with Gasteiger partial charge < -0.3 is 69.3 Å². The number of hydrogen-bond acceptors (Lipinski definition) is 16. The summed E-state index contributed by atoms with van der Waals surface area (Å²) in [6.07, 6.45) is -6.80. The lowest BCUT2D eigenvalue weighted by atomic mass is 9.97. The Kier molecular flexibility index (Phi) is 11.2. The Morgan fingerprint density at radius 1 is 0.652 bits per heavy atom. The maximum atomic E-state index is 12.3. The third kappa shape index (κ3) is 7.75. The van der Waals surface area contributed by atoms with Gasteiger partial charge in [0.2, 0.25) is 0 Å². The van der Waals surface area contributed by atoms with Crippen molar-refractivity contribution in [3.8, 4) is 34.1 Å². The largest absolute Gasteiger partial charge is 0.504 e. The highest BCUT2D eigenvalue weighted by molar-refractivity contribution is 5.90. The van der Waals surface area contributed by atoms with E-state index in [0.717, 1.165) is 12.2 Å². The smallest absolute Gasteiger partial charge is 0.330 e. The highest BCUT2D eigenvalue weighted by Crippen LogP contribution is 2.45. The van der Waals surface area contributed by atoms with E-state index >= 15 is 0 Å². The lowest BCUT2D eigenvalue weighted by molar-refractivity contribution is -0.153. The molecule has 2 aromatic rings. The van der Waals surface area contributed by atoms with Crippen molar-refractivity contribution in [1.29, 1.82) is 0 Å². The molecule has 16 heteroatoms. The van der Waals surface area contributed by atoms with Gasteiger partial charge in [0.05, 0.1) is 14.2 Å². The van der Waals surface area contributed by atoms with E-state index in [1.54, 1.807) is 0 Å². The molecular weight excluding hydrogens is 616 g/mol. The highest BCUT2D eigenvalue weighted by Gasteiger charge is 2.43. The maximum Gasteiger partial charge on any atom is 0.330 e. The van der Waals surface area contributed by atoms with E-state index in [1.165, 1.54) is 50.6 Å². The van der Waals surface area contributed by atoms with Crippen LogP contribution >= 0.6 is 0 Å². The van der Waals surface area contributed by atoms with Crippen LogP contribution in [0, 0.1) is 0 Å². The number of esters is 2. The maximum absolute atomic E-state index is 12.3. The first-order chi connectivity index (χ1) is 21.8. The highest BCUT2D eigenvalue weighted by atomic mass is 16.7. The van der Waals surface area contributed by atoms with Crippen molar-refractivity contribution in [2.45, 2.75) is 49.2 Å². The zero-order valence-electron chi connectivity index (χ0n) is 24.5. The molecule has 2 heterocycles. The van der Waals surface area contributed by atoms with Crippen molar-refractivity contribution in [3.05, 3.63) is 47.5 Å². The van der Waals surface area contributed by atoms with Crippen LogP contribution < -0.4 is 9.47 Å². The molecule has 2 fully saturated rings. The molecule has 0 bridgehead atoms. The summed E-state index contributed by atoms with van der Waals surface area (Å²) in [5.74, 6) is -2.50. The van der Waals surface area contributed by atoms with Gasteiger partial charge in [-0.1, -0.05) is 0 Å². The second kappa shape index (κ2) is 14.9. The van der Waals surface area contributed by atoms with E-state index < -0.39 is 74.4 Å². The first kappa shape index (κ1) is 34.6. The van der Waals surface area contributed by atoms with Crippen LogP contribution in [0.25, 0.3) is 23.3 Å². The van der Waals surface area contributed by atoms with Crippen LogP contribution in [0.3, 0.4) is 0 Å². The predicted molar refractivity (Wildman–Crippen MR) is 154 cm³/mol. The van der Waals surface area contributed by atoms with Gasteiger partial charge >= 0.3 is 11.9 Å². The van der Waals surface area contributed by atoms with Gasteiger partial charge in [-0.3, -0.25) is 0 Å². The number of aliphatic hydroxyl groups is 6. The Bertz CT molecular complexity index is 1360. The van der Waals surface area contributed by atoms with Crippen LogP contribution in [-0.4, -0.2) is 129 Å². The summed E-state index contributed by atoms with van der Waals surface area (Å²) >= 11 is 0.